The van der Waals surface area contributed by atoms with Crippen LogP contribution in [0.25, 0.3) is 0 Å². The second-order valence-electron chi connectivity index (χ2n) is 5.77. The summed E-state index contributed by atoms with van der Waals surface area (Å²) in [5.74, 6) is 0.523. The summed E-state index contributed by atoms with van der Waals surface area (Å²) in [7, 11) is 5.65. The smallest absolute Gasteiger partial charge is 0.237 e. The third kappa shape index (κ3) is 5.73. The van der Waals surface area contributed by atoms with Crippen LogP contribution >= 0.6 is 0 Å². The fraction of sp³-hybridized carbons (Fsp3) is 0.562. The van der Waals surface area contributed by atoms with E-state index in [1.54, 1.807) is 7.11 Å². The third-order valence-corrected chi connectivity index (χ3v) is 3.69. The maximum atomic E-state index is 11.7. The predicted octanol–water partition coefficient (Wildman–Crippen LogP) is 1.02. The summed E-state index contributed by atoms with van der Waals surface area (Å²) in [5, 5.41) is 3.28. The van der Waals surface area contributed by atoms with Crippen molar-refractivity contribution in [3.63, 3.8) is 0 Å². The molecule has 0 aromatic heterocycles. The molecule has 0 radical (unpaired) electrons. The van der Waals surface area contributed by atoms with Gasteiger partial charge in [0.1, 0.15) is 5.75 Å². The zero-order valence-electron chi connectivity index (χ0n) is 13.5. The topological polar surface area (TPSA) is 67.6 Å². The number of carbonyl (C=O) groups excluding carboxylic acids is 1. The van der Waals surface area contributed by atoms with E-state index in [-0.39, 0.29) is 5.91 Å². The van der Waals surface area contributed by atoms with Crippen LogP contribution in [-0.4, -0.2) is 50.6 Å². The highest BCUT2D eigenvalue weighted by Crippen LogP contribution is 2.17. The van der Waals surface area contributed by atoms with Crippen LogP contribution in [-0.2, 0) is 11.2 Å². The van der Waals surface area contributed by atoms with Crippen molar-refractivity contribution in [2.24, 2.45) is 5.73 Å². The Morgan fingerprint density at radius 3 is 2.43 bits per heavy atom. The molecule has 1 atom stereocenters. The number of primary amides is 1. The predicted molar refractivity (Wildman–Crippen MR) is 85.5 cm³/mol. The highest BCUT2D eigenvalue weighted by atomic mass is 16.5. The first-order valence-electron chi connectivity index (χ1n) is 7.20. The molecule has 118 valence electrons. The number of amides is 1. The number of nitrogens with two attached hydrogens (primary N) is 1. The van der Waals surface area contributed by atoms with Gasteiger partial charge in [0.05, 0.1) is 12.6 Å². The van der Waals surface area contributed by atoms with Crippen LogP contribution in [0.4, 0.5) is 0 Å². The van der Waals surface area contributed by atoms with Crippen molar-refractivity contribution in [1.82, 2.24) is 10.2 Å². The van der Waals surface area contributed by atoms with Gasteiger partial charge in [-0.05, 0) is 51.6 Å². The van der Waals surface area contributed by atoms with Gasteiger partial charge in [-0.15, -0.1) is 0 Å². The molecule has 21 heavy (non-hydrogen) atoms. The van der Waals surface area contributed by atoms with Gasteiger partial charge in [0.15, 0.2) is 0 Å². The minimum atomic E-state index is -0.685. The Bertz CT molecular complexity index is 445. The number of benzene rings is 1. The second kappa shape index (κ2) is 8.00. The minimum absolute atomic E-state index is 0.310. The highest BCUT2D eigenvalue weighted by Gasteiger charge is 2.29. The quantitative estimate of drug-likeness (QED) is 0.713. The van der Waals surface area contributed by atoms with E-state index in [1.807, 2.05) is 45.3 Å². The number of hydrogen-bond acceptors (Lipinski definition) is 4. The molecule has 3 N–H and O–H groups in total. The van der Waals surface area contributed by atoms with E-state index in [0.29, 0.717) is 6.42 Å². The monoisotopic (exact) mass is 293 g/mol. The number of ether oxygens (including phenoxy) is 1. The summed E-state index contributed by atoms with van der Waals surface area (Å²) in [6, 6.07) is 7.88. The molecule has 0 fully saturated rings. The fourth-order valence-electron chi connectivity index (χ4n) is 2.04. The maximum absolute atomic E-state index is 11.7. The van der Waals surface area contributed by atoms with Gasteiger partial charge >= 0.3 is 0 Å². The lowest BCUT2D eigenvalue weighted by Gasteiger charge is -2.28. The minimum Gasteiger partial charge on any atom is -0.497 e. The van der Waals surface area contributed by atoms with Gasteiger partial charge in [-0.3, -0.25) is 4.79 Å². The average Bonchev–Trinajstić information content (AvgIpc) is 2.45. The fourth-order valence-corrected chi connectivity index (χ4v) is 2.04. The number of rotatable bonds is 9. The highest BCUT2D eigenvalue weighted by molar-refractivity contribution is 5.84. The molecule has 1 amide bonds. The Hall–Kier alpha value is -1.59. The molecular formula is C16H27N3O2. The van der Waals surface area contributed by atoms with E-state index >= 15 is 0 Å². The van der Waals surface area contributed by atoms with Gasteiger partial charge in [0.25, 0.3) is 0 Å². The van der Waals surface area contributed by atoms with Gasteiger partial charge in [0.2, 0.25) is 5.91 Å². The van der Waals surface area contributed by atoms with Crippen molar-refractivity contribution in [3.8, 4) is 5.75 Å². The van der Waals surface area contributed by atoms with Crippen LogP contribution in [0.2, 0.25) is 0 Å². The number of nitrogens with zero attached hydrogens (tertiary/aromatic N) is 1. The molecule has 5 nitrogen and oxygen atoms in total. The summed E-state index contributed by atoms with van der Waals surface area (Å²) < 4.78 is 5.14. The zero-order valence-corrected chi connectivity index (χ0v) is 13.5. The van der Waals surface area contributed by atoms with E-state index in [4.69, 9.17) is 10.5 Å². The van der Waals surface area contributed by atoms with Crippen LogP contribution in [0.3, 0.4) is 0 Å². The van der Waals surface area contributed by atoms with Crippen LogP contribution in [0.1, 0.15) is 18.9 Å². The Kier molecular flexibility index (Phi) is 6.65. The summed E-state index contributed by atoms with van der Waals surface area (Å²) >= 11 is 0. The number of nitrogens with one attached hydrogen (secondary N) is 1. The summed E-state index contributed by atoms with van der Waals surface area (Å²) in [5.41, 5.74) is 6.04. The van der Waals surface area contributed by atoms with Crippen molar-refractivity contribution in [2.75, 3.05) is 34.3 Å². The molecular weight excluding hydrogens is 266 g/mol. The molecule has 1 aromatic rings. The Morgan fingerprint density at radius 1 is 1.33 bits per heavy atom. The molecule has 0 saturated heterocycles. The summed E-state index contributed by atoms with van der Waals surface area (Å²) in [6.07, 6.45) is 1.46. The molecule has 5 heteroatoms. The van der Waals surface area contributed by atoms with E-state index in [0.717, 1.165) is 30.8 Å². The van der Waals surface area contributed by atoms with Gasteiger partial charge < -0.3 is 20.7 Å². The molecule has 0 spiro atoms. The molecule has 1 rings (SSSR count). The number of hydrogen-bond donors (Lipinski definition) is 2. The first kappa shape index (κ1) is 17.5. The normalized spacial score (nSPS) is 14.0. The van der Waals surface area contributed by atoms with Crippen molar-refractivity contribution in [3.05, 3.63) is 29.8 Å². The Balaban J connectivity index is 2.58. The molecule has 0 heterocycles. The largest absolute Gasteiger partial charge is 0.497 e. The van der Waals surface area contributed by atoms with E-state index in [9.17, 15) is 4.79 Å². The van der Waals surface area contributed by atoms with Crippen LogP contribution in [0, 0.1) is 0 Å². The maximum Gasteiger partial charge on any atom is 0.237 e. The van der Waals surface area contributed by atoms with Crippen LogP contribution < -0.4 is 15.8 Å². The third-order valence-electron chi connectivity index (χ3n) is 3.69. The molecule has 1 aromatic carbocycles. The van der Waals surface area contributed by atoms with Crippen molar-refractivity contribution in [2.45, 2.75) is 25.3 Å². The standard InChI is InChI=1S/C16H27N3O2/c1-16(15(17)20,18-11-12-19(2)3)10-9-13-5-7-14(21-4)8-6-13/h5-8,18H,9-12H2,1-4H3,(H2,17,20). The number of likely N-dealkylation sites (N-methyl/N-ethyl adjacent to an activating group) is 1. The molecule has 0 aliphatic rings. The van der Waals surface area contributed by atoms with E-state index in [1.165, 1.54) is 0 Å². The Labute approximate surface area is 127 Å². The van der Waals surface area contributed by atoms with Gasteiger partial charge in [-0.1, -0.05) is 12.1 Å². The first-order valence-corrected chi connectivity index (χ1v) is 7.20. The molecule has 0 saturated carbocycles. The van der Waals surface area contributed by atoms with Crippen LogP contribution in [0.5, 0.6) is 5.75 Å². The summed E-state index contributed by atoms with van der Waals surface area (Å²) in [6.45, 7) is 3.47. The molecule has 0 aliphatic carbocycles. The van der Waals surface area contributed by atoms with Gasteiger partial charge in [-0.2, -0.15) is 0 Å². The molecule has 0 aliphatic heterocycles. The number of carbonyl (C=O) groups is 1. The zero-order chi connectivity index (χ0) is 15.9. The van der Waals surface area contributed by atoms with E-state index in [2.05, 4.69) is 10.2 Å². The van der Waals surface area contributed by atoms with Crippen molar-refractivity contribution >= 4 is 5.91 Å². The lowest BCUT2D eigenvalue weighted by Crippen LogP contribution is -2.54. The number of aryl methyl sites for hydroxylation is 1. The van der Waals surface area contributed by atoms with Gasteiger partial charge in [0, 0.05) is 13.1 Å². The van der Waals surface area contributed by atoms with E-state index < -0.39 is 5.54 Å². The molecule has 0 bridgehead atoms. The molecule has 1 unspecified atom stereocenters. The lowest BCUT2D eigenvalue weighted by molar-refractivity contribution is -0.124. The SMILES string of the molecule is COc1ccc(CCC(C)(NCCN(C)C)C(N)=O)cc1. The average molecular weight is 293 g/mol. The van der Waals surface area contributed by atoms with Crippen molar-refractivity contribution < 1.29 is 9.53 Å². The van der Waals surface area contributed by atoms with Crippen LogP contribution in [0.15, 0.2) is 24.3 Å². The lowest BCUT2D eigenvalue weighted by atomic mass is 9.92. The first-order chi connectivity index (χ1) is 9.87. The van der Waals surface area contributed by atoms with Crippen molar-refractivity contribution in [1.29, 1.82) is 0 Å². The summed E-state index contributed by atoms with van der Waals surface area (Å²) in [4.78, 5) is 13.8. The van der Waals surface area contributed by atoms with Gasteiger partial charge in [-0.25, -0.2) is 0 Å². The Morgan fingerprint density at radius 2 is 1.95 bits per heavy atom. The second-order valence-corrected chi connectivity index (χ2v) is 5.77. The number of methoxy groups -OCH3 is 1.